The number of carbonyl (C=O) groups excluding carboxylic acids is 3. The molecule has 188 valence electrons. The number of ketones is 1. The van der Waals surface area contributed by atoms with Gasteiger partial charge in [-0.25, -0.2) is 9.18 Å². The summed E-state index contributed by atoms with van der Waals surface area (Å²) in [7, 11) is 2.79. The third-order valence-electron chi connectivity index (χ3n) is 6.71. The van der Waals surface area contributed by atoms with Gasteiger partial charge in [0, 0.05) is 22.5 Å². The van der Waals surface area contributed by atoms with E-state index < -0.39 is 35.4 Å². The smallest absolute Gasteiger partial charge is 0.337 e. The lowest BCUT2D eigenvalue weighted by Gasteiger charge is -2.38. The van der Waals surface area contributed by atoms with Crippen LogP contribution in [0.15, 0.2) is 71.1 Å². The summed E-state index contributed by atoms with van der Waals surface area (Å²) in [6.45, 7) is 3.47. The number of carbonyl (C=O) groups is 3. The zero-order valence-corrected chi connectivity index (χ0v) is 20.6. The lowest BCUT2D eigenvalue weighted by atomic mass is 9.69. The first-order valence-corrected chi connectivity index (χ1v) is 11.6. The van der Waals surface area contributed by atoms with E-state index in [1.54, 1.807) is 57.4 Å². The van der Waals surface area contributed by atoms with Crippen LogP contribution in [0.5, 0.6) is 5.75 Å². The standard InChI is InChI=1S/C28H28FNO6/c1-15-13-21-25(26(31)22(15)27(32)35-4)24(19-7-5-6-8-20(19)29)23(16(2)30-21)28(33)36-14-17-9-11-18(34-3)12-10-17/h5-12,15,22,24,30H,13-14H2,1-4H3/t15-,22-,24+/m1/s1. The van der Waals surface area contributed by atoms with Crippen molar-refractivity contribution in [1.82, 2.24) is 5.32 Å². The summed E-state index contributed by atoms with van der Waals surface area (Å²) < 4.78 is 30.8. The summed E-state index contributed by atoms with van der Waals surface area (Å²) >= 11 is 0. The predicted octanol–water partition coefficient (Wildman–Crippen LogP) is 4.19. The number of halogens is 1. The van der Waals surface area contributed by atoms with Crippen LogP contribution in [0.4, 0.5) is 4.39 Å². The van der Waals surface area contributed by atoms with E-state index in [1.807, 2.05) is 0 Å². The third kappa shape index (κ3) is 4.63. The van der Waals surface area contributed by atoms with Crippen molar-refractivity contribution in [3.63, 3.8) is 0 Å². The highest BCUT2D eigenvalue weighted by Gasteiger charge is 2.47. The van der Waals surface area contributed by atoms with E-state index in [9.17, 15) is 14.4 Å². The molecule has 7 nitrogen and oxygen atoms in total. The number of hydrogen-bond acceptors (Lipinski definition) is 7. The lowest BCUT2D eigenvalue weighted by molar-refractivity contribution is -0.151. The van der Waals surface area contributed by atoms with E-state index >= 15 is 4.39 Å². The number of benzene rings is 2. The molecule has 2 aromatic carbocycles. The van der Waals surface area contributed by atoms with E-state index in [2.05, 4.69) is 5.32 Å². The molecule has 0 saturated heterocycles. The van der Waals surface area contributed by atoms with Crippen molar-refractivity contribution in [3.8, 4) is 5.75 Å². The minimum Gasteiger partial charge on any atom is -0.497 e. The highest BCUT2D eigenvalue weighted by molar-refractivity contribution is 6.12. The summed E-state index contributed by atoms with van der Waals surface area (Å²) in [6, 6.07) is 13.1. The molecular formula is C28H28FNO6. The highest BCUT2D eigenvalue weighted by Crippen LogP contribution is 2.46. The minimum absolute atomic E-state index is 0.0225. The van der Waals surface area contributed by atoms with Crippen molar-refractivity contribution in [3.05, 3.63) is 88.0 Å². The monoisotopic (exact) mass is 493 g/mol. The second kappa shape index (κ2) is 10.4. The topological polar surface area (TPSA) is 90.9 Å². The fraction of sp³-hybridized carbons (Fsp3) is 0.321. The summed E-state index contributed by atoms with van der Waals surface area (Å²) in [5.74, 6) is -4.11. The van der Waals surface area contributed by atoms with Crippen LogP contribution < -0.4 is 10.1 Å². The quantitative estimate of drug-likeness (QED) is 0.477. The van der Waals surface area contributed by atoms with Crippen LogP contribution in [0.1, 0.15) is 37.3 Å². The van der Waals surface area contributed by atoms with Crippen molar-refractivity contribution < 1.29 is 33.0 Å². The molecule has 0 spiro atoms. The van der Waals surface area contributed by atoms with E-state index in [4.69, 9.17) is 14.2 Å². The Morgan fingerprint density at radius 2 is 1.78 bits per heavy atom. The Labute approximate surface area is 208 Å². The predicted molar refractivity (Wildman–Crippen MR) is 129 cm³/mol. The number of Topliss-reactive ketones (excluding diaryl/α,β-unsaturated/α-hetero) is 1. The molecule has 8 heteroatoms. The minimum atomic E-state index is -1.04. The molecule has 1 heterocycles. The maximum atomic E-state index is 15.1. The molecule has 2 aromatic rings. The molecule has 1 aliphatic carbocycles. The molecule has 3 atom stereocenters. The number of ether oxygens (including phenoxy) is 3. The fourth-order valence-electron chi connectivity index (χ4n) is 4.92. The van der Waals surface area contributed by atoms with Crippen LogP contribution in [-0.4, -0.2) is 31.9 Å². The van der Waals surface area contributed by atoms with Crippen LogP contribution in [-0.2, 0) is 30.5 Å². The zero-order chi connectivity index (χ0) is 26.0. The Bertz CT molecular complexity index is 1260. The van der Waals surface area contributed by atoms with Gasteiger partial charge in [0.2, 0.25) is 0 Å². The summed E-state index contributed by atoms with van der Waals surface area (Å²) in [5, 5.41) is 3.17. The molecule has 0 bridgehead atoms. The molecule has 0 radical (unpaired) electrons. The Morgan fingerprint density at radius 3 is 2.42 bits per heavy atom. The maximum Gasteiger partial charge on any atom is 0.337 e. The first-order valence-electron chi connectivity index (χ1n) is 11.6. The fourth-order valence-corrected chi connectivity index (χ4v) is 4.92. The Morgan fingerprint density at radius 1 is 1.08 bits per heavy atom. The number of nitrogens with one attached hydrogen (secondary N) is 1. The van der Waals surface area contributed by atoms with Gasteiger partial charge in [-0.1, -0.05) is 37.3 Å². The van der Waals surface area contributed by atoms with Crippen molar-refractivity contribution in [2.75, 3.05) is 14.2 Å². The highest BCUT2D eigenvalue weighted by atomic mass is 19.1. The Hall–Kier alpha value is -3.94. The van der Waals surface area contributed by atoms with Crippen LogP contribution in [0.3, 0.4) is 0 Å². The number of dihydropyridines is 1. The van der Waals surface area contributed by atoms with E-state index in [0.717, 1.165) is 5.56 Å². The molecule has 36 heavy (non-hydrogen) atoms. The van der Waals surface area contributed by atoms with E-state index in [-0.39, 0.29) is 29.2 Å². The molecular weight excluding hydrogens is 465 g/mol. The molecule has 0 saturated carbocycles. The van der Waals surface area contributed by atoms with Crippen LogP contribution in [0.2, 0.25) is 0 Å². The van der Waals surface area contributed by atoms with Crippen LogP contribution in [0.25, 0.3) is 0 Å². The summed E-state index contributed by atoms with van der Waals surface area (Å²) in [6.07, 6.45) is 0.372. The average molecular weight is 494 g/mol. The van der Waals surface area contributed by atoms with Gasteiger partial charge in [-0.2, -0.15) is 0 Å². The van der Waals surface area contributed by atoms with Crippen molar-refractivity contribution >= 4 is 17.7 Å². The van der Waals surface area contributed by atoms with E-state index in [1.165, 1.54) is 19.2 Å². The third-order valence-corrected chi connectivity index (χ3v) is 6.71. The van der Waals surface area contributed by atoms with Crippen molar-refractivity contribution in [2.45, 2.75) is 32.8 Å². The van der Waals surface area contributed by atoms with Gasteiger partial charge in [-0.15, -0.1) is 0 Å². The van der Waals surface area contributed by atoms with Crippen molar-refractivity contribution in [2.24, 2.45) is 11.8 Å². The van der Waals surface area contributed by atoms with Crippen LogP contribution in [0, 0.1) is 17.7 Å². The molecule has 2 aliphatic rings. The molecule has 0 amide bonds. The summed E-state index contributed by atoms with van der Waals surface area (Å²) in [5.41, 5.74) is 2.26. The number of esters is 2. The molecule has 4 rings (SSSR count). The Balaban J connectivity index is 1.73. The second-order valence-corrected chi connectivity index (χ2v) is 8.98. The molecule has 0 fully saturated rings. The molecule has 1 N–H and O–H groups in total. The maximum absolute atomic E-state index is 15.1. The van der Waals surface area contributed by atoms with Gasteiger partial charge in [0.25, 0.3) is 0 Å². The first-order chi connectivity index (χ1) is 17.3. The van der Waals surface area contributed by atoms with Gasteiger partial charge in [-0.3, -0.25) is 9.59 Å². The van der Waals surface area contributed by atoms with Gasteiger partial charge in [0.1, 0.15) is 24.1 Å². The SMILES string of the molecule is COC(=O)[C@H]1C(=O)C2=C(C[C@H]1C)NC(C)=C(C(=O)OCc1ccc(OC)cc1)[C@@H]2c1ccccc1F. The van der Waals surface area contributed by atoms with Gasteiger partial charge in [0.05, 0.1) is 25.7 Å². The molecule has 1 aliphatic heterocycles. The first kappa shape index (κ1) is 25.2. The lowest BCUT2D eigenvalue weighted by Crippen LogP contribution is -2.43. The summed E-state index contributed by atoms with van der Waals surface area (Å²) in [4.78, 5) is 39.6. The average Bonchev–Trinajstić information content (AvgIpc) is 2.87. The van der Waals surface area contributed by atoms with E-state index in [0.29, 0.717) is 23.6 Å². The molecule has 0 aromatic heterocycles. The second-order valence-electron chi connectivity index (χ2n) is 8.98. The van der Waals surface area contributed by atoms with Gasteiger partial charge in [0.15, 0.2) is 5.78 Å². The molecule has 0 unspecified atom stereocenters. The van der Waals surface area contributed by atoms with Gasteiger partial charge in [-0.05, 0) is 43.0 Å². The number of rotatable bonds is 6. The van der Waals surface area contributed by atoms with Gasteiger partial charge < -0.3 is 19.5 Å². The van der Waals surface area contributed by atoms with Gasteiger partial charge >= 0.3 is 11.9 Å². The zero-order valence-electron chi connectivity index (χ0n) is 20.6. The number of hydrogen-bond donors (Lipinski definition) is 1. The number of methoxy groups -OCH3 is 2. The van der Waals surface area contributed by atoms with Crippen LogP contribution >= 0.6 is 0 Å². The number of allylic oxidation sites excluding steroid dienone is 3. The largest absolute Gasteiger partial charge is 0.497 e. The Kier molecular flexibility index (Phi) is 7.24. The normalized spacial score (nSPS) is 21.5. The van der Waals surface area contributed by atoms with Crippen molar-refractivity contribution in [1.29, 1.82) is 0 Å².